The van der Waals surface area contributed by atoms with E-state index in [0.29, 0.717) is 12.4 Å². The van der Waals surface area contributed by atoms with Crippen molar-refractivity contribution in [2.24, 2.45) is 0 Å². The van der Waals surface area contributed by atoms with E-state index in [1.165, 1.54) is 0 Å². The van der Waals surface area contributed by atoms with Crippen LogP contribution in [0.2, 0.25) is 0 Å². The molecule has 160 valence electrons. The molecular formula is C24H28N6O. The minimum atomic E-state index is -0.184. The van der Waals surface area contributed by atoms with Crippen LogP contribution in [0.15, 0.2) is 54.6 Å². The van der Waals surface area contributed by atoms with Gasteiger partial charge in [0.25, 0.3) is 0 Å². The van der Waals surface area contributed by atoms with Crippen LogP contribution in [-0.4, -0.2) is 27.1 Å². The lowest BCUT2D eigenvalue weighted by Gasteiger charge is -2.11. The van der Waals surface area contributed by atoms with Gasteiger partial charge in [0.1, 0.15) is 11.3 Å². The number of amides is 2. The number of aromatic nitrogens is 3. The largest absolute Gasteiger partial charge is 0.382 e. The average molecular weight is 417 g/mol. The van der Waals surface area contributed by atoms with Crippen molar-refractivity contribution in [3.63, 3.8) is 0 Å². The first-order chi connectivity index (χ1) is 15.2. The van der Waals surface area contributed by atoms with Crippen LogP contribution in [0.5, 0.6) is 0 Å². The Hall–Kier alpha value is -3.61. The van der Waals surface area contributed by atoms with Gasteiger partial charge in [0, 0.05) is 30.6 Å². The number of fused-ring (bicyclic) bond motifs is 3. The van der Waals surface area contributed by atoms with Gasteiger partial charge < -0.3 is 20.9 Å². The van der Waals surface area contributed by atoms with E-state index in [9.17, 15) is 4.79 Å². The number of para-hydroxylation sites is 2. The van der Waals surface area contributed by atoms with Crippen molar-refractivity contribution in [3.05, 3.63) is 60.4 Å². The number of pyridine rings is 1. The van der Waals surface area contributed by atoms with Gasteiger partial charge in [0.15, 0.2) is 5.82 Å². The fourth-order valence-corrected chi connectivity index (χ4v) is 3.85. The summed E-state index contributed by atoms with van der Waals surface area (Å²) in [6.45, 7) is 3.58. The van der Waals surface area contributed by atoms with Crippen LogP contribution in [-0.2, 0) is 13.0 Å². The average Bonchev–Trinajstić information content (AvgIpc) is 3.14. The van der Waals surface area contributed by atoms with Crippen LogP contribution in [0.1, 0.15) is 32.0 Å². The van der Waals surface area contributed by atoms with Crippen molar-refractivity contribution in [1.82, 2.24) is 19.9 Å². The molecule has 7 heteroatoms. The molecule has 4 rings (SSSR count). The lowest BCUT2D eigenvalue weighted by atomic mass is 10.2. The fraction of sp³-hybridized carbons (Fsp3) is 0.292. The number of nitrogens with zero attached hydrogens (tertiary/aromatic N) is 3. The van der Waals surface area contributed by atoms with Crippen LogP contribution in [0.25, 0.3) is 21.9 Å². The summed E-state index contributed by atoms with van der Waals surface area (Å²) in [7, 11) is 0. The second-order valence-corrected chi connectivity index (χ2v) is 7.60. The number of rotatable bonds is 8. The summed E-state index contributed by atoms with van der Waals surface area (Å²) in [4.78, 5) is 21.4. The molecule has 2 aromatic carbocycles. The van der Waals surface area contributed by atoms with Crippen molar-refractivity contribution in [2.45, 2.75) is 39.2 Å². The van der Waals surface area contributed by atoms with E-state index in [2.05, 4.69) is 33.2 Å². The number of anilines is 2. The van der Waals surface area contributed by atoms with Crippen LogP contribution in [0.3, 0.4) is 0 Å². The Balaban J connectivity index is 1.44. The van der Waals surface area contributed by atoms with Gasteiger partial charge in [-0.15, -0.1) is 0 Å². The molecule has 2 aromatic heterocycles. The van der Waals surface area contributed by atoms with Crippen molar-refractivity contribution >= 4 is 39.5 Å². The molecule has 0 fully saturated rings. The second-order valence-electron chi connectivity index (χ2n) is 7.60. The Morgan fingerprint density at radius 3 is 2.61 bits per heavy atom. The lowest BCUT2D eigenvalue weighted by molar-refractivity contribution is 0.252. The highest BCUT2D eigenvalue weighted by Gasteiger charge is 2.16. The summed E-state index contributed by atoms with van der Waals surface area (Å²) in [5.74, 6) is 1.51. The smallest absolute Gasteiger partial charge is 0.319 e. The topological polar surface area (TPSA) is 97.9 Å². The molecule has 7 nitrogen and oxygen atoms in total. The number of hydrogen-bond acceptors (Lipinski definition) is 4. The van der Waals surface area contributed by atoms with Gasteiger partial charge in [-0.2, -0.15) is 0 Å². The summed E-state index contributed by atoms with van der Waals surface area (Å²) in [5, 5.41) is 6.83. The van der Waals surface area contributed by atoms with Gasteiger partial charge in [0.05, 0.1) is 11.0 Å². The van der Waals surface area contributed by atoms with Crippen LogP contribution < -0.4 is 16.4 Å². The standard InChI is InChI=1S/C24H28N6O/c1-2-10-20-29-21-22(18-13-6-7-14-19(18)28-23(21)25)30(20)16-9-8-15-26-24(31)27-17-11-4-3-5-12-17/h3-7,11-14H,2,8-10,15-16H2,1H3,(H2,25,28)(H2,26,27,31). The van der Waals surface area contributed by atoms with Crippen molar-refractivity contribution in [2.75, 3.05) is 17.6 Å². The Morgan fingerprint density at radius 2 is 1.81 bits per heavy atom. The quantitative estimate of drug-likeness (QED) is 0.362. The van der Waals surface area contributed by atoms with Crippen LogP contribution in [0.4, 0.5) is 16.3 Å². The number of carbonyl (C=O) groups is 1. The summed E-state index contributed by atoms with van der Waals surface area (Å²) in [5.41, 5.74) is 9.74. The molecule has 0 saturated heterocycles. The number of nitrogens with two attached hydrogens (primary N) is 1. The minimum Gasteiger partial charge on any atom is -0.382 e. The van der Waals surface area contributed by atoms with E-state index in [-0.39, 0.29) is 6.03 Å². The second kappa shape index (κ2) is 9.47. The van der Waals surface area contributed by atoms with E-state index >= 15 is 0 Å². The highest BCUT2D eigenvalue weighted by Crippen LogP contribution is 2.29. The van der Waals surface area contributed by atoms with Gasteiger partial charge in [-0.1, -0.05) is 43.3 Å². The number of aryl methyl sites for hydroxylation is 2. The third-order valence-corrected chi connectivity index (χ3v) is 5.29. The molecule has 0 aliphatic heterocycles. The normalized spacial score (nSPS) is 11.1. The predicted molar refractivity (Wildman–Crippen MR) is 126 cm³/mol. The monoisotopic (exact) mass is 416 g/mol. The van der Waals surface area contributed by atoms with E-state index in [0.717, 1.165) is 65.7 Å². The molecule has 0 saturated carbocycles. The van der Waals surface area contributed by atoms with E-state index < -0.39 is 0 Å². The first kappa shape index (κ1) is 20.7. The van der Waals surface area contributed by atoms with Gasteiger partial charge in [0.2, 0.25) is 0 Å². The van der Waals surface area contributed by atoms with Crippen molar-refractivity contribution in [3.8, 4) is 0 Å². The number of urea groups is 1. The van der Waals surface area contributed by atoms with Gasteiger partial charge in [-0.25, -0.2) is 14.8 Å². The molecule has 0 radical (unpaired) electrons. The zero-order valence-corrected chi connectivity index (χ0v) is 17.8. The van der Waals surface area contributed by atoms with Crippen LogP contribution >= 0.6 is 0 Å². The predicted octanol–water partition coefficient (Wildman–Crippen LogP) is 4.72. The first-order valence-electron chi connectivity index (χ1n) is 10.8. The number of imidazole rings is 1. The SMILES string of the molecule is CCCc1nc2c(N)nc3ccccc3c2n1CCCCNC(=O)Nc1ccccc1. The maximum absolute atomic E-state index is 12.0. The summed E-state index contributed by atoms with van der Waals surface area (Å²) in [6, 6.07) is 17.3. The summed E-state index contributed by atoms with van der Waals surface area (Å²) in [6.07, 6.45) is 3.69. The van der Waals surface area contributed by atoms with E-state index in [1.54, 1.807) is 0 Å². The molecule has 0 bridgehead atoms. The molecule has 0 atom stereocenters. The van der Waals surface area contributed by atoms with E-state index in [4.69, 9.17) is 10.7 Å². The number of benzene rings is 2. The number of hydrogen-bond donors (Lipinski definition) is 3. The minimum absolute atomic E-state index is 0.184. The van der Waals surface area contributed by atoms with Crippen LogP contribution in [0, 0.1) is 0 Å². The summed E-state index contributed by atoms with van der Waals surface area (Å²) >= 11 is 0. The van der Waals surface area contributed by atoms with Gasteiger partial charge >= 0.3 is 6.03 Å². The molecule has 0 aliphatic carbocycles. The highest BCUT2D eigenvalue weighted by atomic mass is 16.2. The highest BCUT2D eigenvalue weighted by molar-refractivity contribution is 6.06. The molecule has 4 N–H and O–H groups in total. The zero-order valence-electron chi connectivity index (χ0n) is 17.8. The number of unbranched alkanes of at least 4 members (excludes halogenated alkanes) is 1. The molecule has 2 heterocycles. The summed E-state index contributed by atoms with van der Waals surface area (Å²) < 4.78 is 2.28. The Morgan fingerprint density at radius 1 is 1.03 bits per heavy atom. The Labute approximate surface area is 181 Å². The van der Waals surface area contributed by atoms with Crippen molar-refractivity contribution in [1.29, 1.82) is 0 Å². The zero-order chi connectivity index (χ0) is 21.6. The fourth-order valence-electron chi connectivity index (χ4n) is 3.85. The van der Waals surface area contributed by atoms with Gasteiger partial charge in [-0.3, -0.25) is 0 Å². The Kier molecular flexibility index (Phi) is 6.31. The van der Waals surface area contributed by atoms with E-state index in [1.807, 2.05) is 48.5 Å². The maximum atomic E-state index is 12.0. The first-order valence-corrected chi connectivity index (χ1v) is 10.8. The van der Waals surface area contributed by atoms with Crippen molar-refractivity contribution < 1.29 is 4.79 Å². The molecule has 4 aromatic rings. The molecule has 0 unspecified atom stereocenters. The molecule has 2 amide bonds. The number of nitrogen functional groups attached to an aromatic ring is 1. The lowest BCUT2D eigenvalue weighted by Crippen LogP contribution is -2.29. The molecule has 0 aliphatic rings. The third-order valence-electron chi connectivity index (χ3n) is 5.29. The number of nitrogens with one attached hydrogen (secondary N) is 2. The molecule has 0 spiro atoms. The number of carbonyl (C=O) groups excluding carboxylic acids is 1. The Bertz CT molecular complexity index is 1190. The molecular weight excluding hydrogens is 388 g/mol. The maximum Gasteiger partial charge on any atom is 0.319 e. The third kappa shape index (κ3) is 4.60. The van der Waals surface area contributed by atoms with Gasteiger partial charge in [-0.05, 0) is 37.5 Å². The molecule has 31 heavy (non-hydrogen) atoms.